The van der Waals surface area contributed by atoms with E-state index in [2.05, 4.69) is 15.6 Å². The van der Waals surface area contributed by atoms with Gasteiger partial charge in [0.1, 0.15) is 11.5 Å². The van der Waals surface area contributed by atoms with E-state index in [4.69, 9.17) is 0 Å². The van der Waals surface area contributed by atoms with E-state index in [1.54, 1.807) is 24.4 Å². The summed E-state index contributed by atoms with van der Waals surface area (Å²) in [5.41, 5.74) is -2.33. The van der Waals surface area contributed by atoms with Gasteiger partial charge in [-0.3, -0.25) is 9.59 Å². The molecule has 3 aromatic rings. The van der Waals surface area contributed by atoms with Gasteiger partial charge in [0.05, 0.1) is 16.5 Å². The molecule has 29 heavy (non-hydrogen) atoms. The van der Waals surface area contributed by atoms with Crippen LogP contribution in [-0.2, 0) is 0 Å². The van der Waals surface area contributed by atoms with E-state index in [1.165, 1.54) is 10.8 Å². The van der Waals surface area contributed by atoms with Crippen molar-refractivity contribution >= 4 is 28.7 Å². The Morgan fingerprint density at radius 2 is 1.86 bits per heavy atom. The lowest BCUT2D eigenvalue weighted by Crippen LogP contribution is -2.20. The topological polar surface area (TPSA) is 76.0 Å². The molecule has 1 aromatic carbocycles. The van der Waals surface area contributed by atoms with Crippen molar-refractivity contribution in [3.8, 4) is 0 Å². The first-order valence-corrected chi connectivity index (χ1v) is 9.12. The van der Waals surface area contributed by atoms with Crippen LogP contribution in [0.1, 0.15) is 29.2 Å². The van der Waals surface area contributed by atoms with Crippen LogP contribution in [0.3, 0.4) is 0 Å². The summed E-state index contributed by atoms with van der Waals surface area (Å²) in [4.78, 5) is 27.6. The van der Waals surface area contributed by atoms with E-state index >= 15 is 4.39 Å². The summed E-state index contributed by atoms with van der Waals surface area (Å²) >= 11 is 0. The smallest absolute Gasteiger partial charge is 0.203 e. The lowest BCUT2D eigenvalue weighted by atomic mass is 10.1. The van der Waals surface area contributed by atoms with Crippen LogP contribution in [0.2, 0.25) is 0 Å². The highest BCUT2D eigenvalue weighted by atomic mass is 19.2. The monoisotopic (exact) mass is 402 g/mol. The Labute approximate surface area is 163 Å². The van der Waals surface area contributed by atoms with E-state index < -0.39 is 34.0 Å². The molecular weight excluding hydrogens is 385 g/mol. The fraction of sp³-hybridized carbons (Fsp3) is 0.250. The molecule has 1 aliphatic rings. The largest absolute Gasteiger partial charge is 0.378 e. The standard InChI is InChI=1S/C20H17F3N4O2/c21-15-14-19(27(12-4-5-12)9-11(10-28)20(14)29)17(23)18(16(15)22)26-8-7-25-13-3-1-2-6-24-13/h1-3,6,9-10,12,26H,4-5,7-8H2,(H,24,25). The molecule has 0 saturated heterocycles. The zero-order chi connectivity index (χ0) is 20.5. The molecule has 4 rings (SSSR count). The number of halogens is 3. The summed E-state index contributed by atoms with van der Waals surface area (Å²) in [6.07, 6.45) is 4.48. The molecule has 1 aliphatic carbocycles. The van der Waals surface area contributed by atoms with Crippen molar-refractivity contribution in [3.63, 3.8) is 0 Å². The number of rotatable bonds is 7. The first kappa shape index (κ1) is 19.0. The fourth-order valence-corrected chi connectivity index (χ4v) is 3.24. The highest BCUT2D eigenvalue weighted by Crippen LogP contribution is 2.39. The number of pyridine rings is 2. The normalized spacial score (nSPS) is 13.5. The minimum atomic E-state index is -1.49. The number of aldehydes is 1. The Morgan fingerprint density at radius 1 is 1.10 bits per heavy atom. The number of nitrogens with one attached hydrogen (secondary N) is 2. The molecule has 2 N–H and O–H groups in total. The molecule has 0 amide bonds. The third-order valence-corrected chi connectivity index (χ3v) is 4.79. The number of hydrogen-bond acceptors (Lipinski definition) is 5. The molecule has 2 heterocycles. The molecule has 1 fully saturated rings. The second-order valence-corrected chi connectivity index (χ2v) is 6.78. The summed E-state index contributed by atoms with van der Waals surface area (Å²) in [6, 6.07) is 5.11. The lowest BCUT2D eigenvalue weighted by molar-refractivity contribution is 0.112. The van der Waals surface area contributed by atoms with E-state index in [0.29, 0.717) is 18.7 Å². The van der Waals surface area contributed by atoms with Crippen molar-refractivity contribution in [1.29, 1.82) is 0 Å². The molecule has 0 atom stereocenters. The number of fused-ring (bicyclic) bond motifs is 1. The van der Waals surface area contributed by atoms with Crippen LogP contribution < -0.4 is 16.1 Å². The molecule has 2 aromatic heterocycles. The molecule has 1 saturated carbocycles. The molecule has 9 heteroatoms. The van der Waals surface area contributed by atoms with Crippen LogP contribution in [0.4, 0.5) is 24.7 Å². The number of aromatic nitrogens is 2. The fourth-order valence-electron chi connectivity index (χ4n) is 3.24. The van der Waals surface area contributed by atoms with Gasteiger partial charge in [0.2, 0.25) is 5.43 Å². The quantitative estimate of drug-likeness (QED) is 0.360. The number of carbonyl (C=O) groups is 1. The second-order valence-electron chi connectivity index (χ2n) is 6.78. The van der Waals surface area contributed by atoms with Crippen LogP contribution in [0.25, 0.3) is 10.9 Å². The minimum absolute atomic E-state index is 0.0788. The lowest BCUT2D eigenvalue weighted by Gasteiger charge is -2.17. The van der Waals surface area contributed by atoms with Crippen molar-refractivity contribution in [2.75, 3.05) is 23.7 Å². The van der Waals surface area contributed by atoms with Gasteiger partial charge in [0, 0.05) is 31.5 Å². The van der Waals surface area contributed by atoms with E-state index in [9.17, 15) is 18.4 Å². The van der Waals surface area contributed by atoms with Gasteiger partial charge in [0.15, 0.2) is 23.7 Å². The Morgan fingerprint density at radius 3 is 2.52 bits per heavy atom. The number of anilines is 2. The maximum Gasteiger partial charge on any atom is 0.203 e. The molecule has 0 radical (unpaired) electrons. The van der Waals surface area contributed by atoms with Gasteiger partial charge in [-0.1, -0.05) is 6.07 Å². The first-order chi connectivity index (χ1) is 14.0. The van der Waals surface area contributed by atoms with Crippen LogP contribution in [0, 0.1) is 17.5 Å². The number of benzene rings is 1. The van der Waals surface area contributed by atoms with Gasteiger partial charge in [-0.25, -0.2) is 18.2 Å². The molecule has 0 bridgehead atoms. The highest BCUT2D eigenvalue weighted by Gasteiger charge is 2.31. The van der Waals surface area contributed by atoms with Crippen molar-refractivity contribution in [1.82, 2.24) is 9.55 Å². The molecule has 0 unspecified atom stereocenters. The molecular formula is C20H17F3N4O2. The predicted molar refractivity (Wildman–Crippen MR) is 103 cm³/mol. The Bertz CT molecular complexity index is 1140. The van der Waals surface area contributed by atoms with Crippen molar-refractivity contribution < 1.29 is 18.0 Å². The average molecular weight is 402 g/mol. The van der Waals surface area contributed by atoms with Crippen molar-refractivity contribution in [2.24, 2.45) is 0 Å². The van der Waals surface area contributed by atoms with Crippen LogP contribution in [-0.4, -0.2) is 28.9 Å². The van der Waals surface area contributed by atoms with Gasteiger partial charge in [-0.2, -0.15) is 0 Å². The third kappa shape index (κ3) is 3.43. The average Bonchev–Trinajstić information content (AvgIpc) is 3.57. The third-order valence-electron chi connectivity index (χ3n) is 4.79. The van der Waals surface area contributed by atoms with E-state index in [1.807, 2.05) is 0 Å². The second kappa shape index (κ2) is 7.57. The summed E-state index contributed by atoms with van der Waals surface area (Å²) in [5.74, 6) is -3.43. The van der Waals surface area contributed by atoms with Gasteiger partial charge in [-0.05, 0) is 25.0 Å². The highest BCUT2D eigenvalue weighted by molar-refractivity contribution is 5.89. The Kier molecular flexibility index (Phi) is 4.96. The van der Waals surface area contributed by atoms with E-state index in [0.717, 1.165) is 0 Å². The van der Waals surface area contributed by atoms with E-state index in [-0.39, 0.29) is 36.5 Å². The number of carbonyl (C=O) groups excluding carboxylic acids is 1. The van der Waals surface area contributed by atoms with Crippen molar-refractivity contribution in [2.45, 2.75) is 18.9 Å². The molecule has 0 spiro atoms. The Balaban J connectivity index is 1.70. The van der Waals surface area contributed by atoms with Gasteiger partial charge in [-0.15, -0.1) is 0 Å². The van der Waals surface area contributed by atoms with Crippen LogP contribution >= 0.6 is 0 Å². The Hall–Kier alpha value is -3.36. The van der Waals surface area contributed by atoms with Crippen LogP contribution in [0.5, 0.6) is 0 Å². The zero-order valence-corrected chi connectivity index (χ0v) is 15.2. The molecule has 150 valence electrons. The SMILES string of the molecule is O=Cc1cn(C2CC2)c2c(F)c(NCCNc3ccccn3)c(F)c(F)c2c1=O. The van der Waals surface area contributed by atoms with Gasteiger partial charge in [0.25, 0.3) is 0 Å². The van der Waals surface area contributed by atoms with Crippen LogP contribution in [0.15, 0.2) is 35.4 Å². The number of hydrogen-bond donors (Lipinski definition) is 2. The van der Waals surface area contributed by atoms with Gasteiger partial charge < -0.3 is 15.2 Å². The minimum Gasteiger partial charge on any atom is -0.378 e. The first-order valence-electron chi connectivity index (χ1n) is 9.12. The summed E-state index contributed by atoms with van der Waals surface area (Å²) in [6.45, 7) is 0.352. The summed E-state index contributed by atoms with van der Waals surface area (Å²) < 4.78 is 45.8. The number of nitrogens with zero attached hydrogens (tertiary/aromatic N) is 2. The maximum atomic E-state index is 15.2. The summed E-state index contributed by atoms with van der Waals surface area (Å²) in [7, 11) is 0. The maximum absolute atomic E-state index is 15.2. The zero-order valence-electron chi connectivity index (χ0n) is 15.2. The summed E-state index contributed by atoms with van der Waals surface area (Å²) in [5, 5.41) is 4.77. The van der Waals surface area contributed by atoms with Crippen molar-refractivity contribution in [3.05, 3.63) is 63.8 Å². The predicted octanol–water partition coefficient (Wildman–Crippen LogP) is 3.49. The molecule has 0 aliphatic heterocycles. The molecule has 6 nitrogen and oxygen atoms in total. The van der Waals surface area contributed by atoms with Gasteiger partial charge >= 0.3 is 0 Å².